The Bertz CT molecular complexity index is 937. The van der Waals surface area contributed by atoms with Gasteiger partial charge in [0.1, 0.15) is 6.61 Å². The zero-order chi connectivity index (χ0) is 39.6. The molecule has 0 aromatic rings. The molecule has 314 valence electrons. The SMILES string of the molecule is CCCCC/C=C\C[C@@H](O)/C=C/C=C\C/C=C\CCCC(=O)OC[C@H](CO)OC(=O)CCCCCCCCCCCCCCCCCCCCC(C)CC. The first-order valence-electron chi connectivity index (χ1n) is 22.7. The average molecular weight is 759 g/mol. The van der Waals surface area contributed by atoms with Crippen LogP contribution in [0.1, 0.15) is 213 Å². The highest BCUT2D eigenvalue weighted by Gasteiger charge is 2.16. The van der Waals surface area contributed by atoms with Crippen LogP contribution in [0.5, 0.6) is 0 Å². The number of ether oxygens (including phenoxy) is 2. The molecule has 2 N–H and O–H groups in total. The number of unbranched alkanes of at least 4 members (excludes halogenated alkanes) is 21. The van der Waals surface area contributed by atoms with Crippen LogP contribution in [0.2, 0.25) is 0 Å². The Balaban J connectivity index is 3.63. The highest BCUT2D eigenvalue weighted by Crippen LogP contribution is 2.17. The normalized spacial score (nSPS) is 13.8. The maximum absolute atomic E-state index is 12.2. The van der Waals surface area contributed by atoms with E-state index in [1.54, 1.807) is 6.08 Å². The Labute approximate surface area is 333 Å². The molecule has 0 radical (unpaired) electrons. The molecule has 0 aromatic carbocycles. The van der Waals surface area contributed by atoms with Crippen molar-refractivity contribution in [1.82, 2.24) is 0 Å². The smallest absolute Gasteiger partial charge is 0.306 e. The van der Waals surface area contributed by atoms with Crippen LogP contribution in [0.3, 0.4) is 0 Å². The molecular formula is C48H86O6. The maximum Gasteiger partial charge on any atom is 0.306 e. The predicted molar refractivity (Wildman–Crippen MR) is 230 cm³/mol. The Morgan fingerprint density at radius 2 is 1.13 bits per heavy atom. The molecule has 0 saturated carbocycles. The Hall–Kier alpha value is -2.18. The molecule has 0 spiro atoms. The standard InChI is InChI=1S/C48H86O6/c1-4-6-7-8-28-33-38-45(50)39-34-29-24-21-22-25-30-35-40-47(51)53-43-46(42-49)54-48(52)41-36-31-26-20-18-16-14-12-10-9-11-13-15-17-19-23-27-32-37-44(3)5-2/h22,24-25,28-29,33-34,39,44-46,49-50H,4-21,23,26-27,30-32,35-38,40-43H2,1-3H3/b25-22-,29-24-,33-28-,39-34+/t44?,45-,46+/m1/s1. The molecule has 0 fully saturated rings. The van der Waals surface area contributed by atoms with Crippen molar-refractivity contribution in [2.24, 2.45) is 5.92 Å². The zero-order valence-electron chi connectivity index (χ0n) is 35.5. The molecule has 0 saturated heterocycles. The van der Waals surface area contributed by atoms with Gasteiger partial charge in [-0.05, 0) is 50.9 Å². The van der Waals surface area contributed by atoms with Crippen molar-refractivity contribution in [3.8, 4) is 0 Å². The van der Waals surface area contributed by atoms with E-state index in [2.05, 4.69) is 39.0 Å². The fourth-order valence-corrected chi connectivity index (χ4v) is 6.37. The van der Waals surface area contributed by atoms with Crippen LogP contribution in [0.15, 0.2) is 48.6 Å². The van der Waals surface area contributed by atoms with E-state index in [0.29, 0.717) is 19.3 Å². The lowest BCUT2D eigenvalue weighted by Gasteiger charge is -2.15. The highest BCUT2D eigenvalue weighted by molar-refractivity contribution is 5.70. The van der Waals surface area contributed by atoms with Gasteiger partial charge in [-0.15, -0.1) is 0 Å². The molecule has 0 aliphatic rings. The minimum absolute atomic E-state index is 0.113. The average Bonchev–Trinajstić information content (AvgIpc) is 3.17. The fourth-order valence-electron chi connectivity index (χ4n) is 6.37. The number of esters is 2. The van der Waals surface area contributed by atoms with Crippen LogP contribution in [0.4, 0.5) is 0 Å². The summed E-state index contributed by atoms with van der Waals surface area (Å²) in [5, 5.41) is 19.6. The van der Waals surface area contributed by atoms with E-state index in [1.807, 2.05) is 24.3 Å². The second kappa shape index (κ2) is 42.0. The molecule has 0 heterocycles. The van der Waals surface area contributed by atoms with E-state index in [4.69, 9.17) is 9.47 Å². The molecule has 54 heavy (non-hydrogen) atoms. The number of aliphatic hydroxyl groups is 2. The van der Waals surface area contributed by atoms with Crippen molar-refractivity contribution < 1.29 is 29.3 Å². The quantitative estimate of drug-likeness (QED) is 0.0280. The van der Waals surface area contributed by atoms with Crippen LogP contribution in [0.25, 0.3) is 0 Å². The fraction of sp³-hybridized carbons (Fsp3) is 0.792. The zero-order valence-corrected chi connectivity index (χ0v) is 35.5. The minimum atomic E-state index is -0.811. The number of rotatable bonds is 40. The number of carbonyl (C=O) groups excluding carboxylic acids is 2. The third-order valence-corrected chi connectivity index (χ3v) is 10.2. The van der Waals surface area contributed by atoms with Gasteiger partial charge < -0.3 is 19.7 Å². The summed E-state index contributed by atoms with van der Waals surface area (Å²) >= 11 is 0. The van der Waals surface area contributed by atoms with Crippen LogP contribution in [0, 0.1) is 5.92 Å². The van der Waals surface area contributed by atoms with Crippen LogP contribution in [-0.2, 0) is 19.1 Å². The van der Waals surface area contributed by atoms with Crippen molar-refractivity contribution in [2.45, 2.75) is 226 Å². The molecule has 0 rings (SSSR count). The molecule has 1 unspecified atom stereocenters. The van der Waals surface area contributed by atoms with E-state index in [1.165, 1.54) is 128 Å². The molecular weight excluding hydrogens is 673 g/mol. The van der Waals surface area contributed by atoms with Gasteiger partial charge in [0.05, 0.1) is 12.7 Å². The van der Waals surface area contributed by atoms with Gasteiger partial charge in [-0.25, -0.2) is 0 Å². The number of aliphatic hydroxyl groups excluding tert-OH is 2. The van der Waals surface area contributed by atoms with Gasteiger partial charge in [-0.2, -0.15) is 0 Å². The highest BCUT2D eigenvalue weighted by atomic mass is 16.6. The predicted octanol–water partition coefficient (Wildman–Crippen LogP) is 13.4. The van der Waals surface area contributed by atoms with Gasteiger partial charge in [0.2, 0.25) is 0 Å². The first-order chi connectivity index (χ1) is 26.4. The summed E-state index contributed by atoms with van der Waals surface area (Å²) in [5.74, 6) is 0.219. The lowest BCUT2D eigenvalue weighted by Crippen LogP contribution is -2.28. The molecule has 0 bridgehead atoms. The summed E-state index contributed by atoms with van der Waals surface area (Å²) in [5.41, 5.74) is 0. The summed E-state index contributed by atoms with van der Waals surface area (Å²) < 4.78 is 10.6. The third kappa shape index (κ3) is 39.5. The Morgan fingerprint density at radius 3 is 1.70 bits per heavy atom. The molecule has 0 aliphatic carbocycles. The maximum atomic E-state index is 12.2. The van der Waals surface area contributed by atoms with Crippen molar-refractivity contribution >= 4 is 11.9 Å². The first-order valence-corrected chi connectivity index (χ1v) is 22.7. The van der Waals surface area contributed by atoms with Gasteiger partial charge in [0, 0.05) is 12.8 Å². The lowest BCUT2D eigenvalue weighted by molar-refractivity contribution is -0.161. The number of hydrogen-bond donors (Lipinski definition) is 2. The Morgan fingerprint density at radius 1 is 0.593 bits per heavy atom. The summed E-state index contributed by atoms with van der Waals surface area (Å²) in [6.45, 7) is 6.40. The molecule has 3 atom stereocenters. The van der Waals surface area contributed by atoms with Gasteiger partial charge in [-0.3, -0.25) is 9.59 Å². The molecule has 0 amide bonds. The van der Waals surface area contributed by atoms with Crippen molar-refractivity contribution in [1.29, 1.82) is 0 Å². The molecule has 0 aromatic heterocycles. The van der Waals surface area contributed by atoms with Crippen LogP contribution >= 0.6 is 0 Å². The number of carbonyl (C=O) groups is 2. The van der Waals surface area contributed by atoms with Crippen LogP contribution in [-0.4, -0.2) is 47.6 Å². The minimum Gasteiger partial charge on any atom is -0.462 e. The van der Waals surface area contributed by atoms with E-state index in [9.17, 15) is 19.8 Å². The third-order valence-electron chi connectivity index (χ3n) is 10.2. The van der Waals surface area contributed by atoms with Gasteiger partial charge in [-0.1, -0.05) is 204 Å². The number of hydrogen-bond acceptors (Lipinski definition) is 6. The Kier molecular flexibility index (Phi) is 40.3. The van der Waals surface area contributed by atoms with Gasteiger partial charge in [0.15, 0.2) is 6.10 Å². The lowest BCUT2D eigenvalue weighted by atomic mass is 9.99. The van der Waals surface area contributed by atoms with Gasteiger partial charge in [0.25, 0.3) is 0 Å². The molecule has 6 heteroatoms. The van der Waals surface area contributed by atoms with E-state index in [-0.39, 0.29) is 31.6 Å². The van der Waals surface area contributed by atoms with Crippen molar-refractivity contribution in [3.63, 3.8) is 0 Å². The summed E-state index contributed by atoms with van der Waals surface area (Å²) in [7, 11) is 0. The summed E-state index contributed by atoms with van der Waals surface area (Å²) in [4.78, 5) is 24.3. The summed E-state index contributed by atoms with van der Waals surface area (Å²) in [6.07, 6.45) is 49.2. The van der Waals surface area contributed by atoms with E-state index >= 15 is 0 Å². The first kappa shape index (κ1) is 51.8. The van der Waals surface area contributed by atoms with Crippen molar-refractivity contribution in [3.05, 3.63) is 48.6 Å². The second-order valence-corrected chi connectivity index (χ2v) is 15.6. The molecule has 6 nitrogen and oxygen atoms in total. The number of allylic oxidation sites excluding steroid dienone is 6. The van der Waals surface area contributed by atoms with Crippen molar-refractivity contribution in [2.75, 3.05) is 13.2 Å². The second-order valence-electron chi connectivity index (χ2n) is 15.6. The monoisotopic (exact) mass is 759 g/mol. The van der Waals surface area contributed by atoms with E-state index < -0.39 is 12.2 Å². The largest absolute Gasteiger partial charge is 0.462 e. The molecule has 0 aliphatic heterocycles. The van der Waals surface area contributed by atoms with Crippen LogP contribution < -0.4 is 0 Å². The van der Waals surface area contributed by atoms with Gasteiger partial charge >= 0.3 is 11.9 Å². The van der Waals surface area contributed by atoms with E-state index in [0.717, 1.165) is 44.4 Å². The summed E-state index contributed by atoms with van der Waals surface area (Å²) in [6, 6.07) is 0. The topological polar surface area (TPSA) is 93.1 Å².